The van der Waals surface area contributed by atoms with Gasteiger partial charge in [-0.05, 0) is 19.8 Å². The third kappa shape index (κ3) is 3.17. The van der Waals surface area contributed by atoms with Gasteiger partial charge in [0.05, 0.1) is 17.5 Å². The topological polar surface area (TPSA) is 96.0 Å². The van der Waals surface area contributed by atoms with E-state index in [9.17, 15) is 18.0 Å². The molecule has 2 heterocycles. The summed E-state index contributed by atoms with van der Waals surface area (Å²) in [5.41, 5.74) is -0.750. The summed E-state index contributed by atoms with van der Waals surface area (Å²) in [5, 5.41) is 3.89. The highest BCUT2D eigenvalue weighted by Crippen LogP contribution is 2.12. The maximum atomic E-state index is 12.8. The molecule has 2 aromatic rings. The van der Waals surface area contributed by atoms with E-state index in [0.717, 1.165) is 27.9 Å². The first-order chi connectivity index (χ1) is 11.4. The van der Waals surface area contributed by atoms with Crippen LogP contribution in [0.2, 0.25) is 0 Å². The lowest BCUT2D eigenvalue weighted by Gasteiger charge is -2.12. The van der Waals surface area contributed by atoms with E-state index in [1.54, 1.807) is 0 Å². The Bertz CT molecular complexity index is 937. The summed E-state index contributed by atoms with van der Waals surface area (Å²) in [7, 11) is -3.71. The Morgan fingerprint density at radius 2 is 1.58 bits per heavy atom. The minimum atomic E-state index is -3.71. The molecule has 134 valence electrons. The zero-order valence-corrected chi connectivity index (χ0v) is 15.2. The van der Waals surface area contributed by atoms with Gasteiger partial charge in [0.2, 0.25) is 0 Å². The molecule has 0 radical (unpaired) electrons. The van der Waals surface area contributed by atoms with Gasteiger partial charge in [-0.2, -0.15) is 5.10 Å². The Balaban J connectivity index is 2.85. The maximum absolute atomic E-state index is 12.8. The molecular weight excluding hydrogens is 332 g/mol. The summed E-state index contributed by atoms with van der Waals surface area (Å²) in [5.74, 6) is -0.174. The second-order valence-corrected chi connectivity index (χ2v) is 7.81. The van der Waals surface area contributed by atoms with Crippen molar-refractivity contribution in [3.63, 3.8) is 0 Å². The SMILES string of the molecule is CCCCn1c(=O)c2c(cnn2S(=O)(=O)CC)n(CCCC)c1=O. The first kappa shape index (κ1) is 18.4. The Kier molecular flexibility index (Phi) is 5.63. The van der Waals surface area contributed by atoms with E-state index in [1.165, 1.54) is 17.7 Å². The molecule has 0 aliphatic heterocycles. The van der Waals surface area contributed by atoms with Crippen molar-refractivity contribution >= 4 is 21.1 Å². The molecule has 8 nitrogen and oxygen atoms in total. The maximum Gasteiger partial charge on any atom is 0.331 e. The molecule has 0 spiro atoms. The van der Waals surface area contributed by atoms with Crippen LogP contribution < -0.4 is 11.2 Å². The summed E-state index contributed by atoms with van der Waals surface area (Å²) in [6.45, 7) is 6.15. The number of rotatable bonds is 8. The van der Waals surface area contributed by atoms with Gasteiger partial charge in [-0.25, -0.2) is 13.2 Å². The molecule has 9 heteroatoms. The Labute approximate surface area is 140 Å². The first-order valence-corrected chi connectivity index (χ1v) is 9.94. The fraction of sp³-hybridized carbons (Fsp3) is 0.667. The zero-order chi connectivity index (χ0) is 17.9. The highest BCUT2D eigenvalue weighted by atomic mass is 32.2. The van der Waals surface area contributed by atoms with Gasteiger partial charge in [-0.3, -0.25) is 13.9 Å². The molecule has 0 unspecified atom stereocenters. The van der Waals surface area contributed by atoms with Gasteiger partial charge < -0.3 is 0 Å². The molecule has 0 aliphatic rings. The van der Waals surface area contributed by atoms with Crippen LogP contribution in [0.1, 0.15) is 46.5 Å². The summed E-state index contributed by atoms with van der Waals surface area (Å²) in [6, 6.07) is 0. The van der Waals surface area contributed by atoms with Crippen molar-refractivity contribution in [3.05, 3.63) is 27.0 Å². The predicted molar refractivity (Wildman–Crippen MR) is 92.9 cm³/mol. The quantitative estimate of drug-likeness (QED) is 0.707. The number of hydrogen-bond donors (Lipinski definition) is 0. The van der Waals surface area contributed by atoms with Gasteiger partial charge in [-0.15, -0.1) is 4.09 Å². The smallest absolute Gasteiger partial charge is 0.290 e. The monoisotopic (exact) mass is 356 g/mol. The van der Waals surface area contributed by atoms with Crippen LogP contribution in [0.3, 0.4) is 0 Å². The van der Waals surface area contributed by atoms with E-state index in [2.05, 4.69) is 5.10 Å². The molecule has 0 atom stereocenters. The molecular formula is C15H24N4O4S. The summed E-state index contributed by atoms with van der Waals surface area (Å²) < 4.78 is 27.8. The number of aromatic nitrogens is 4. The van der Waals surface area contributed by atoms with Crippen molar-refractivity contribution in [2.75, 3.05) is 5.75 Å². The second-order valence-electron chi connectivity index (χ2n) is 5.72. The summed E-state index contributed by atoms with van der Waals surface area (Å²) in [6.07, 6.45) is 4.43. The molecule has 0 aliphatic carbocycles. The fourth-order valence-corrected chi connectivity index (χ4v) is 3.44. The van der Waals surface area contributed by atoms with E-state index in [4.69, 9.17) is 0 Å². The normalized spacial score (nSPS) is 12.1. The molecule has 0 amide bonds. The number of nitrogens with zero attached hydrogens (tertiary/aromatic N) is 4. The van der Waals surface area contributed by atoms with E-state index in [1.807, 2.05) is 13.8 Å². The van der Waals surface area contributed by atoms with Gasteiger partial charge >= 0.3 is 5.69 Å². The number of hydrogen-bond acceptors (Lipinski definition) is 5. The lowest BCUT2D eigenvalue weighted by Crippen LogP contribution is -2.41. The Morgan fingerprint density at radius 3 is 2.12 bits per heavy atom. The van der Waals surface area contributed by atoms with Crippen molar-refractivity contribution in [3.8, 4) is 0 Å². The molecule has 0 fully saturated rings. The van der Waals surface area contributed by atoms with E-state index >= 15 is 0 Å². The highest BCUT2D eigenvalue weighted by molar-refractivity contribution is 7.89. The van der Waals surface area contributed by atoms with Crippen LogP contribution in [-0.4, -0.2) is 32.5 Å². The number of aryl methyl sites for hydroxylation is 1. The second kappa shape index (κ2) is 7.33. The van der Waals surface area contributed by atoms with Crippen LogP contribution in [-0.2, 0) is 23.1 Å². The van der Waals surface area contributed by atoms with Crippen LogP contribution >= 0.6 is 0 Å². The van der Waals surface area contributed by atoms with Gasteiger partial charge in [0.1, 0.15) is 0 Å². The molecule has 2 aromatic heterocycles. The van der Waals surface area contributed by atoms with Crippen LogP contribution in [0.25, 0.3) is 11.0 Å². The number of fused-ring (bicyclic) bond motifs is 1. The van der Waals surface area contributed by atoms with Crippen molar-refractivity contribution in [2.24, 2.45) is 0 Å². The zero-order valence-electron chi connectivity index (χ0n) is 14.4. The molecule has 24 heavy (non-hydrogen) atoms. The van der Waals surface area contributed by atoms with Gasteiger partial charge in [-0.1, -0.05) is 26.7 Å². The average Bonchev–Trinajstić information content (AvgIpc) is 3.00. The van der Waals surface area contributed by atoms with Crippen LogP contribution in [0.5, 0.6) is 0 Å². The van der Waals surface area contributed by atoms with Crippen molar-refractivity contribution < 1.29 is 8.42 Å². The van der Waals surface area contributed by atoms with Crippen LogP contribution in [0.4, 0.5) is 0 Å². The van der Waals surface area contributed by atoms with Crippen molar-refractivity contribution in [1.82, 2.24) is 18.3 Å². The Morgan fingerprint density at radius 1 is 1.00 bits per heavy atom. The van der Waals surface area contributed by atoms with Crippen molar-refractivity contribution in [1.29, 1.82) is 0 Å². The molecule has 0 N–H and O–H groups in total. The summed E-state index contributed by atoms with van der Waals surface area (Å²) >= 11 is 0. The molecule has 2 rings (SSSR count). The lowest BCUT2D eigenvalue weighted by molar-refractivity contribution is 0.531. The third-order valence-electron chi connectivity index (χ3n) is 4.02. The minimum absolute atomic E-state index is 0.0383. The van der Waals surface area contributed by atoms with Crippen LogP contribution in [0, 0.1) is 0 Å². The molecule has 0 saturated heterocycles. The molecule has 0 saturated carbocycles. The minimum Gasteiger partial charge on any atom is -0.290 e. The summed E-state index contributed by atoms with van der Waals surface area (Å²) in [4.78, 5) is 25.4. The van der Waals surface area contributed by atoms with E-state index in [-0.39, 0.29) is 23.3 Å². The molecule has 0 bridgehead atoms. The standard InChI is InChI=1S/C15H24N4O4S/c1-4-7-9-17-12-11-16-19(24(22,23)6-3)13(12)14(20)18(15(17)21)10-8-5-2/h11H,4-10H2,1-3H3. The van der Waals surface area contributed by atoms with Crippen LogP contribution in [0.15, 0.2) is 15.8 Å². The fourth-order valence-electron chi connectivity index (χ4n) is 2.56. The van der Waals surface area contributed by atoms with E-state index < -0.39 is 21.3 Å². The average molecular weight is 356 g/mol. The molecule has 0 aromatic carbocycles. The van der Waals surface area contributed by atoms with Gasteiger partial charge in [0, 0.05) is 13.1 Å². The Hall–Kier alpha value is -1.90. The van der Waals surface area contributed by atoms with Gasteiger partial charge in [0.15, 0.2) is 5.52 Å². The van der Waals surface area contributed by atoms with Gasteiger partial charge in [0.25, 0.3) is 15.6 Å². The highest BCUT2D eigenvalue weighted by Gasteiger charge is 2.22. The largest absolute Gasteiger partial charge is 0.331 e. The number of unbranched alkanes of at least 4 members (excludes halogenated alkanes) is 2. The van der Waals surface area contributed by atoms with Crippen molar-refractivity contribution in [2.45, 2.75) is 59.5 Å². The first-order valence-electron chi connectivity index (χ1n) is 8.33. The third-order valence-corrected chi connectivity index (χ3v) is 5.55. The lowest BCUT2D eigenvalue weighted by atomic mass is 10.3. The van der Waals surface area contributed by atoms with E-state index in [0.29, 0.717) is 13.0 Å². The predicted octanol–water partition coefficient (Wildman–Crippen LogP) is 1.16.